The van der Waals surface area contributed by atoms with E-state index in [0.29, 0.717) is 31.1 Å². The van der Waals surface area contributed by atoms with Gasteiger partial charge in [0.25, 0.3) is 11.8 Å². The highest BCUT2D eigenvalue weighted by Crippen LogP contribution is 2.49. The molecule has 4 aromatic rings. The minimum absolute atomic E-state index is 0.0211. The summed E-state index contributed by atoms with van der Waals surface area (Å²) >= 11 is 0. The van der Waals surface area contributed by atoms with E-state index < -0.39 is 21.2 Å². The molecular weight excluding hydrogens is 737 g/mol. The molecule has 2 aliphatic carbocycles. The van der Waals surface area contributed by atoms with Gasteiger partial charge in [-0.1, -0.05) is 39.2 Å². The second kappa shape index (κ2) is 15.1. The van der Waals surface area contributed by atoms with E-state index in [2.05, 4.69) is 71.8 Å². The number of aromatic nitrogens is 3. The van der Waals surface area contributed by atoms with Gasteiger partial charge in [-0.25, -0.2) is 13.1 Å². The number of allylic oxidation sites excluding steroid dienone is 1. The minimum Gasteiger partial charge on any atom is -0.497 e. The zero-order chi connectivity index (χ0) is 40.5. The number of hydrogen-bond donors (Lipinski definition) is 1. The molecule has 1 unspecified atom stereocenters. The average Bonchev–Trinajstić information content (AvgIpc) is 3.91. The third-order valence-electron chi connectivity index (χ3n) is 12.9. The molecule has 2 saturated carbocycles. The van der Waals surface area contributed by atoms with Gasteiger partial charge < -0.3 is 14.2 Å². The highest BCUT2D eigenvalue weighted by atomic mass is 32.2. The first-order valence-electron chi connectivity index (χ1n) is 20.9. The SMILES string of the molecule is COc1ccc2c(c1)C=C(c1c(C(=O)N3CC(C)N(C)[C@H](C)C3)c(C(C)C)nn1C1CC1)Cn1c-2c(C2CCCCC2)c2ccc(C(=O)NS(=O)(=O)C(C)C)cc21. The minimum atomic E-state index is -3.85. The van der Waals surface area contributed by atoms with Crippen molar-refractivity contribution in [2.45, 2.75) is 128 Å². The molecule has 2 aromatic heterocycles. The average molecular weight is 795 g/mol. The van der Waals surface area contributed by atoms with Crippen molar-refractivity contribution in [1.82, 2.24) is 28.9 Å². The van der Waals surface area contributed by atoms with Crippen molar-refractivity contribution in [3.8, 4) is 17.0 Å². The molecule has 2 amide bonds. The van der Waals surface area contributed by atoms with E-state index in [1.165, 1.54) is 12.0 Å². The van der Waals surface area contributed by atoms with Crippen molar-refractivity contribution in [1.29, 1.82) is 0 Å². The van der Waals surface area contributed by atoms with Gasteiger partial charge in [-0.2, -0.15) is 5.10 Å². The number of nitrogens with one attached hydrogen (secondary N) is 1. The van der Waals surface area contributed by atoms with Crippen molar-refractivity contribution in [3.63, 3.8) is 0 Å². The lowest BCUT2D eigenvalue weighted by atomic mass is 9.81. The van der Waals surface area contributed by atoms with Gasteiger partial charge in [-0.05, 0) is 125 Å². The van der Waals surface area contributed by atoms with E-state index in [-0.39, 0.29) is 35.5 Å². The number of methoxy groups -OCH3 is 1. The lowest BCUT2D eigenvalue weighted by Crippen LogP contribution is -2.56. The number of benzene rings is 2. The lowest BCUT2D eigenvalue weighted by molar-refractivity contribution is 0.0412. The van der Waals surface area contributed by atoms with Crippen molar-refractivity contribution >= 4 is 44.4 Å². The molecule has 0 bridgehead atoms. The molecule has 2 atom stereocenters. The van der Waals surface area contributed by atoms with Crippen molar-refractivity contribution in [2.24, 2.45) is 0 Å². The maximum absolute atomic E-state index is 15.1. The summed E-state index contributed by atoms with van der Waals surface area (Å²) in [6.07, 6.45) is 9.89. The molecule has 57 heavy (non-hydrogen) atoms. The van der Waals surface area contributed by atoms with Gasteiger partial charge in [0.2, 0.25) is 10.0 Å². The van der Waals surface area contributed by atoms with Crippen LogP contribution in [0.3, 0.4) is 0 Å². The molecule has 2 aliphatic heterocycles. The summed E-state index contributed by atoms with van der Waals surface area (Å²) in [6.45, 7) is 13.4. The molecule has 2 aromatic carbocycles. The van der Waals surface area contributed by atoms with Crippen LogP contribution in [0, 0.1) is 0 Å². The largest absolute Gasteiger partial charge is 0.497 e. The Morgan fingerprint density at radius 2 is 1.61 bits per heavy atom. The number of ether oxygens (including phenoxy) is 1. The van der Waals surface area contributed by atoms with Gasteiger partial charge in [0, 0.05) is 47.2 Å². The number of nitrogens with zero attached hydrogens (tertiary/aromatic N) is 5. The summed E-state index contributed by atoms with van der Waals surface area (Å²) < 4.78 is 38.3. The van der Waals surface area contributed by atoms with Crippen LogP contribution in [0.1, 0.15) is 148 Å². The highest BCUT2D eigenvalue weighted by Gasteiger charge is 2.39. The number of carbonyl (C=O) groups is 2. The highest BCUT2D eigenvalue weighted by molar-refractivity contribution is 7.90. The molecule has 304 valence electrons. The van der Waals surface area contributed by atoms with E-state index in [4.69, 9.17) is 9.84 Å². The monoisotopic (exact) mass is 794 g/mol. The number of carbonyl (C=O) groups excluding carboxylic acids is 2. The Morgan fingerprint density at radius 1 is 0.912 bits per heavy atom. The van der Waals surface area contributed by atoms with E-state index in [9.17, 15) is 13.2 Å². The van der Waals surface area contributed by atoms with Crippen molar-refractivity contribution in [3.05, 3.63) is 70.0 Å². The first-order chi connectivity index (χ1) is 27.2. The van der Waals surface area contributed by atoms with Crippen LogP contribution in [0.25, 0.3) is 33.8 Å². The zero-order valence-corrected chi connectivity index (χ0v) is 35.6. The topological polar surface area (TPSA) is 119 Å². The Morgan fingerprint density at radius 3 is 2.25 bits per heavy atom. The number of sulfonamides is 1. The summed E-state index contributed by atoms with van der Waals surface area (Å²) in [6, 6.07) is 12.5. The molecule has 1 saturated heterocycles. The summed E-state index contributed by atoms with van der Waals surface area (Å²) in [5, 5.41) is 5.61. The van der Waals surface area contributed by atoms with E-state index >= 15 is 4.79 Å². The Kier molecular flexibility index (Phi) is 10.4. The number of rotatable bonds is 9. The quantitative estimate of drug-likeness (QED) is 0.182. The maximum Gasteiger partial charge on any atom is 0.264 e. The summed E-state index contributed by atoms with van der Waals surface area (Å²) in [5.74, 6) is 0.459. The molecule has 0 spiro atoms. The fourth-order valence-corrected chi connectivity index (χ4v) is 9.93. The van der Waals surface area contributed by atoms with Gasteiger partial charge in [0.1, 0.15) is 5.75 Å². The molecule has 4 heterocycles. The number of likely N-dealkylation sites (N-methyl/N-ethyl adjacent to an activating group) is 1. The Labute approximate surface area is 337 Å². The number of fused-ring (bicyclic) bond motifs is 5. The molecule has 11 nitrogen and oxygen atoms in total. The van der Waals surface area contributed by atoms with Crippen LogP contribution in [-0.4, -0.2) is 89.0 Å². The van der Waals surface area contributed by atoms with Gasteiger partial charge in [0.05, 0.1) is 47.6 Å². The van der Waals surface area contributed by atoms with Crippen LogP contribution in [0.2, 0.25) is 0 Å². The number of piperazine rings is 1. The fourth-order valence-electron chi connectivity index (χ4n) is 9.32. The molecule has 12 heteroatoms. The van der Waals surface area contributed by atoms with Gasteiger partial charge in [-0.15, -0.1) is 0 Å². The smallest absolute Gasteiger partial charge is 0.264 e. The Balaban J connectivity index is 1.38. The van der Waals surface area contributed by atoms with E-state index in [1.807, 2.05) is 23.1 Å². The summed E-state index contributed by atoms with van der Waals surface area (Å²) in [4.78, 5) is 33.2. The molecule has 8 rings (SSSR count). The van der Waals surface area contributed by atoms with Gasteiger partial charge >= 0.3 is 0 Å². The van der Waals surface area contributed by atoms with Crippen molar-refractivity contribution in [2.75, 3.05) is 27.2 Å². The second-order valence-corrected chi connectivity index (χ2v) is 19.8. The Hall–Kier alpha value is -4.42. The fraction of sp³-hybridized carbons (Fsp3) is 0.533. The third kappa shape index (κ3) is 7.11. The second-order valence-electron chi connectivity index (χ2n) is 17.6. The van der Waals surface area contributed by atoms with Crippen LogP contribution in [-0.2, 0) is 16.6 Å². The molecule has 0 radical (unpaired) electrons. The molecule has 1 N–H and O–H groups in total. The van der Waals surface area contributed by atoms with Crippen molar-refractivity contribution < 1.29 is 22.7 Å². The van der Waals surface area contributed by atoms with Crippen LogP contribution < -0.4 is 9.46 Å². The van der Waals surface area contributed by atoms with Gasteiger partial charge in [0.15, 0.2) is 0 Å². The number of amides is 2. The van der Waals surface area contributed by atoms with Gasteiger partial charge in [-0.3, -0.25) is 19.2 Å². The van der Waals surface area contributed by atoms with Crippen LogP contribution in [0.15, 0.2) is 36.4 Å². The summed E-state index contributed by atoms with van der Waals surface area (Å²) in [7, 11) is -0.0261. The van der Waals surface area contributed by atoms with Crippen LogP contribution in [0.4, 0.5) is 0 Å². The lowest BCUT2D eigenvalue weighted by Gasteiger charge is -2.42. The number of hydrogen-bond acceptors (Lipinski definition) is 7. The predicted octanol–water partition coefficient (Wildman–Crippen LogP) is 8.21. The molecule has 3 fully saturated rings. The Bertz CT molecular complexity index is 2370. The van der Waals surface area contributed by atoms with E-state index in [0.717, 1.165) is 89.0 Å². The maximum atomic E-state index is 15.1. The zero-order valence-electron chi connectivity index (χ0n) is 34.8. The third-order valence-corrected chi connectivity index (χ3v) is 14.7. The molecular formula is C45H58N6O5S. The molecule has 4 aliphatic rings. The first kappa shape index (κ1) is 39.4. The normalized spacial score (nSPS) is 20.7. The van der Waals surface area contributed by atoms with E-state index in [1.54, 1.807) is 27.0 Å². The predicted molar refractivity (Wildman–Crippen MR) is 226 cm³/mol. The first-order valence-corrected chi connectivity index (χ1v) is 22.5. The van der Waals surface area contributed by atoms with Crippen LogP contribution in [0.5, 0.6) is 5.75 Å². The standard InChI is InChI=1S/C45H58N6O5S/c1-26(2)41-40(45(53)49-23-28(5)48(7)29(6)24-49)42(51(46-41)34-15-16-34)33-20-32-21-35(56-8)17-19-36(32)43-39(30-12-10-9-11-13-30)37-18-14-31(22-38(37)50(43)25-33)44(52)47-57(54,55)27(3)4/h14,17-22,26-30,34H,9-13,15-16,23-25H2,1-8H3,(H,47,52)/t28-,29?/m1/s1. The van der Waals surface area contributed by atoms with Crippen LogP contribution >= 0.6 is 0 Å². The summed E-state index contributed by atoms with van der Waals surface area (Å²) in [5.41, 5.74) is 8.92.